The van der Waals surface area contributed by atoms with E-state index in [0.717, 1.165) is 72.6 Å². The number of carbonyl (C=O) groups excluding carboxylic acids is 15. The average molecular weight is 1790 g/mol. The summed E-state index contributed by atoms with van der Waals surface area (Å²) < 4.78 is 0. The molecule has 25 nitrogen and oxygen atoms in total. The maximum atomic E-state index is 13.2. The van der Waals surface area contributed by atoms with Gasteiger partial charge in [-0.15, -0.1) is 0 Å². The van der Waals surface area contributed by atoms with Gasteiger partial charge in [0.05, 0.1) is 53.8 Å². The molecule has 0 saturated carbocycles. The largest absolute Gasteiger partial charge is 0.342 e. The van der Waals surface area contributed by atoms with Crippen LogP contribution >= 0.6 is 0 Å². The van der Waals surface area contributed by atoms with Crippen molar-refractivity contribution in [2.75, 3.05) is 29.4 Å². The number of barbiturate groups is 5. The Hall–Kier alpha value is -17.9. The minimum absolute atomic E-state index is 0.110. The number of para-hydroxylation sites is 6. The van der Waals surface area contributed by atoms with Crippen LogP contribution in [0.5, 0.6) is 0 Å². The van der Waals surface area contributed by atoms with Gasteiger partial charge in [0, 0.05) is 0 Å². The fourth-order valence-corrected chi connectivity index (χ4v) is 16.0. The first kappa shape index (κ1) is 91.9. The lowest BCUT2D eigenvalue weighted by molar-refractivity contribution is -0.142. The number of hydrogen-bond donors (Lipinski definition) is 1. The molecule has 14 aromatic carbocycles. The van der Waals surface area contributed by atoms with Crippen molar-refractivity contribution in [3.8, 4) is 0 Å². The van der Waals surface area contributed by atoms with Crippen molar-refractivity contribution in [2.24, 2.45) is 11.8 Å². The van der Waals surface area contributed by atoms with E-state index in [1.54, 1.807) is 218 Å². The van der Waals surface area contributed by atoms with Crippen LogP contribution in [-0.2, 0) is 80.4 Å². The highest BCUT2D eigenvalue weighted by molar-refractivity contribution is 6.39. The highest BCUT2D eigenvalue weighted by Crippen LogP contribution is 2.38. The monoisotopic (exact) mass is 1790 g/mol. The molecule has 3 unspecified atom stereocenters. The molecule has 0 aliphatic carbocycles. The van der Waals surface area contributed by atoms with Crippen molar-refractivity contribution in [3.63, 3.8) is 0 Å². The average Bonchev–Trinajstić information content (AvgIpc) is 0.765. The number of urea groups is 5. The van der Waals surface area contributed by atoms with Crippen molar-refractivity contribution in [1.29, 1.82) is 0 Å². The number of rotatable bonds is 19. The van der Waals surface area contributed by atoms with E-state index in [9.17, 15) is 71.9 Å². The molecule has 20 amide bonds. The van der Waals surface area contributed by atoms with Gasteiger partial charge in [-0.1, -0.05) is 351 Å². The van der Waals surface area contributed by atoms with Crippen molar-refractivity contribution in [1.82, 2.24) is 20.0 Å². The van der Waals surface area contributed by atoms with E-state index in [4.69, 9.17) is 0 Å². The molecule has 668 valence electrons. The van der Waals surface area contributed by atoms with E-state index in [0.29, 0.717) is 50.8 Å². The maximum Gasteiger partial charge on any atom is 0.342 e. The van der Waals surface area contributed by atoms with Crippen LogP contribution in [0.15, 0.2) is 419 Å². The predicted molar refractivity (Wildman–Crippen MR) is 509 cm³/mol. The van der Waals surface area contributed by atoms with Gasteiger partial charge in [0.25, 0.3) is 17.7 Å². The molecule has 5 fully saturated rings. The first-order chi connectivity index (χ1) is 65.7. The van der Waals surface area contributed by atoms with E-state index < -0.39 is 119 Å². The van der Waals surface area contributed by atoms with Crippen molar-refractivity contribution in [3.05, 3.63) is 469 Å². The number of hydrogen-bond acceptors (Lipinski definition) is 15. The Balaban J connectivity index is 0.000000129. The summed E-state index contributed by atoms with van der Waals surface area (Å²) in [6.45, 7) is 2.30. The van der Waals surface area contributed by atoms with Gasteiger partial charge in [-0.05, 0) is 137 Å². The SMILES string of the molecule is Cc1ccc(C2C(=O)NC(=O)N(Cc3ccccc3)C2=O)cc1.O=C1C(Cc2ccccc2)C(=O)N(c2ccccc2)C(=O)N1Cc1ccccc1.O=C1C(Cc2ccccc2)C(=O)N(c2ccccc2)C(=O)N1c1ccccc1.O=C1C(c2ccccc2)C(=O)N(c2ccccc2)C(=O)N1Cc1ccccc1.O=C1C(c2ccccc2)C(=O)N(c2ccccc2)C(=O)N1c1ccccc1. The van der Waals surface area contributed by atoms with Gasteiger partial charge in [0.1, 0.15) is 29.6 Å². The normalized spacial score (nSPS) is 16.5. The molecule has 0 spiro atoms. The van der Waals surface area contributed by atoms with E-state index in [-0.39, 0.29) is 32.5 Å². The third kappa shape index (κ3) is 21.0. The third-order valence-corrected chi connectivity index (χ3v) is 22.8. The summed E-state index contributed by atoms with van der Waals surface area (Å²) in [7, 11) is 0. The minimum Gasteiger partial charge on any atom is -0.277 e. The fourth-order valence-electron chi connectivity index (χ4n) is 16.0. The van der Waals surface area contributed by atoms with E-state index in [2.05, 4.69) is 5.32 Å². The highest BCUT2D eigenvalue weighted by atomic mass is 16.2. The van der Waals surface area contributed by atoms with Crippen molar-refractivity contribution >= 4 is 123 Å². The lowest BCUT2D eigenvalue weighted by Gasteiger charge is -2.37. The van der Waals surface area contributed by atoms with Crippen LogP contribution in [-0.4, -0.2) is 104 Å². The van der Waals surface area contributed by atoms with Gasteiger partial charge < -0.3 is 0 Å². The molecule has 0 radical (unpaired) electrons. The summed E-state index contributed by atoms with van der Waals surface area (Å²) in [5.41, 5.74) is 9.64. The van der Waals surface area contributed by atoms with Gasteiger partial charge in [-0.25, -0.2) is 53.4 Å². The molecule has 5 aliphatic heterocycles. The van der Waals surface area contributed by atoms with Crippen LogP contribution in [0.1, 0.15) is 67.8 Å². The first-order valence-corrected chi connectivity index (χ1v) is 43.4. The van der Waals surface area contributed by atoms with Crippen molar-refractivity contribution < 1.29 is 71.9 Å². The third-order valence-electron chi connectivity index (χ3n) is 22.8. The zero-order chi connectivity index (χ0) is 94.4. The van der Waals surface area contributed by atoms with Crippen LogP contribution in [0.2, 0.25) is 0 Å². The quantitative estimate of drug-likeness (QED) is 0.0736. The van der Waals surface area contributed by atoms with E-state index >= 15 is 0 Å². The molecular formula is C110H88N10O15. The Morgan fingerprint density at radius 1 is 0.200 bits per heavy atom. The number of nitrogens with zero attached hydrogens (tertiary/aromatic N) is 9. The Kier molecular flexibility index (Phi) is 29.3. The number of amides is 20. The molecule has 14 aromatic rings. The second-order valence-electron chi connectivity index (χ2n) is 31.7. The molecule has 5 aliphatic rings. The Bertz CT molecular complexity index is 6130. The summed E-state index contributed by atoms with van der Waals surface area (Å²) in [4.78, 5) is 205. The molecule has 19 rings (SSSR count). The van der Waals surface area contributed by atoms with E-state index in [1.807, 2.05) is 207 Å². The van der Waals surface area contributed by atoms with Crippen LogP contribution in [0.25, 0.3) is 0 Å². The lowest BCUT2D eigenvalue weighted by atomic mass is 9.93. The maximum absolute atomic E-state index is 13.2. The van der Waals surface area contributed by atoms with Gasteiger partial charge in [-0.2, -0.15) is 0 Å². The molecule has 0 bridgehead atoms. The van der Waals surface area contributed by atoms with Gasteiger partial charge in [-0.3, -0.25) is 68.0 Å². The minimum atomic E-state index is -1.08. The molecule has 1 N–H and O–H groups in total. The number of carbonyl (C=O) groups is 15. The Morgan fingerprint density at radius 2 is 0.415 bits per heavy atom. The second kappa shape index (κ2) is 43.0. The van der Waals surface area contributed by atoms with Crippen molar-refractivity contribution in [2.45, 2.75) is 57.2 Å². The lowest BCUT2D eigenvalue weighted by Crippen LogP contribution is -2.61. The predicted octanol–water partition coefficient (Wildman–Crippen LogP) is 18.4. The van der Waals surface area contributed by atoms with E-state index in [1.165, 1.54) is 4.90 Å². The fraction of sp³-hybridized carbons (Fsp3) is 0.100. The second-order valence-corrected chi connectivity index (χ2v) is 31.7. The Morgan fingerprint density at radius 3 is 0.719 bits per heavy atom. The number of benzene rings is 14. The molecule has 0 aromatic heterocycles. The van der Waals surface area contributed by atoms with Crippen LogP contribution in [0, 0.1) is 18.8 Å². The topological polar surface area (TPSA) is 297 Å². The molecular weight excluding hydrogens is 1700 g/mol. The zero-order valence-corrected chi connectivity index (χ0v) is 72.9. The van der Waals surface area contributed by atoms with Gasteiger partial charge in [0.15, 0.2) is 0 Å². The summed E-state index contributed by atoms with van der Waals surface area (Å²) in [6, 6.07) is 120. The number of imide groups is 10. The Labute approximate surface area is 777 Å². The van der Waals surface area contributed by atoms with Crippen LogP contribution in [0.3, 0.4) is 0 Å². The summed E-state index contributed by atoms with van der Waals surface area (Å²) >= 11 is 0. The molecule has 25 heteroatoms. The molecule has 3 atom stereocenters. The molecule has 5 saturated heterocycles. The highest BCUT2D eigenvalue weighted by Gasteiger charge is 2.52. The zero-order valence-electron chi connectivity index (χ0n) is 72.9. The summed E-state index contributed by atoms with van der Waals surface area (Å²) in [5, 5.41) is 2.27. The summed E-state index contributed by atoms with van der Waals surface area (Å²) in [6.07, 6.45) is 0.485. The first-order valence-electron chi connectivity index (χ1n) is 43.4. The smallest absolute Gasteiger partial charge is 0.277 e. The van der Waals surface area contributed by atoms with Crippen LogP contribution in [0.4, 0.5) is 58.1 Å². The number of aryl methyl sites for hydroxylation is 1. The standard InChI is InChI=1S/C24H20N2O3.2C23H18N2O3.C22H16N2O3.C18H16N2O3/c27-22-21(16-18-10-4-1-5-11-18)23(28)26(20-14-8-3-9-15-20)24(29)25(22)17-19-12-6-2-7-13-19;26-21-20(18-12-6-2-7-13-18)22(27)25(19-14-8-3-9-15-19)23(28)24(21)16-17-10-4-1-5-11-17;26-21-20(16-17-10-4-1-5-11-17)22(27)25(19-14-8-3-9-15-19)23(28)24(21)18-12-6-2-7-13-18;25-20-19(16-10-4-1-5-11-16)21(26)24(18-14-8-3-9-15-18)22(27)23(20)17-12-6-2-7-13-17;1-12-7-9-14(10-8-12)15-16(21)19-18(23)20(17(15)22)11-13-5-3-2-4-6-13/h1-15,21H,16-17H2;2*1-15,20H,16H2;1-15,19H;2-10,15H,11H2,1H3,(H,19,21,23). The molecule has 5 heterocycles. The summed E-state index contributed by atoms with van der Waals surface area (Å²) in [5.74, 6) is -10.2. The molecule has 135 heavy (non-hydrogen) atoms. The van der Waals surface area contributed by atoms with Gasteiger partial charge >= 0.3 is 30.2 Å². The van der Waals surface area contributed by atoms with Crippen LogP contribution < -0.4 is 34.7 Å². The van der Waals surface area contributed by atoms with Gasteiger partial charge in [0.2, 0.25) is 41.4 Å². The number of anilines is 6. The number of nitrogens with one attached hydrogen (secondary N) is 1.